The van der Waals surface area contributed by atoms with Crippen LogP contribution in [-0.4, -0.2) is 87.4 Å². The van der Waals surface area contributed by atoms with E-state index in [2.05, 4.69) is 196 Å². The van der Waals surface area contributed by atoms with E-state index in [0.29, 0.717) is 17.4 Å². The zero-order valence-electron chi connectivity index (χ0n) is 57.0. The maximum absolute atomic E-state index is 12.9. The van der Waals surface area contributed by atoms with Crippen molar-refractivity contribution in [2.45, 2.75) is 257 Å². The maximum atomic E-state index is 12.9. The van der Waals surface area contributed by atoms with Crippen LogP contribution in [-0.2, 0) is 33.3 Å². The summed E-state index contributed by atoms with van der Waals surface area (Å²) >= 11 is 0. The highest BCUT2D eigenvalue weighted by molar-refractivity contribution is 5.71. The molecule has 89 heavy (non-hydrogen) atoms. The van der Waals surface area contributed by atoms with Gasteiger partial charge in [0.2, 0.25) is 0 Å². The van der Waals surface area contributed by atoms with Gasteiger partial charge in [-0.25, -0.2) is 4.79 Å². The molecule has 0 aliphatic rings. The molecule has 0 aliphatic carbocycles. The van der Waals surface area contributed by atoms with Crippen LogP contribution in [0, 0.1) is 0 Å². The molecule has 0 radical (unpaired) electrons. The van der Waals surface area contributed by atoms with Crippen LogP contribution in [0.2, 0.25) is 0 Å². The van der Waals surface area contributed by atoms with Crippen molar-refractivity contribution in [1.82, 2.24) is 0 Å². The molecule has 0 heterocycles. The summed E-state index contributed by atoms with van der Waals surface area (Å²) in [5, 5.41) is 9.75. The number of unbranched alkanes of at least 4 members (excludes halogenated alkanes) is 17. The lowest BCUT2D eigenvalue weighted by atomic mass is 10.0. The van der Waals surface area contributed by atoms with Crippen LogP contribution in [0.4, 0.5) is 0 Å². The van der Waals surface area contributed by atoms with Gasteiger partial charge in [0.15, 0.2) is 6.10 Å². The average Bonchev–Trinajstić information content (AvgIpc) is 3.64. The normalized spacial score (nSPS) is 13.9. The molecule has 0 amide bonds. The highest BCUT2D eigenvalue weighted by Crippen LogP contribution is 2.15. The topological polar surface area (TPSA) is 108 Å². The van der Waals surface area contributed by atoms with Gasteiger partial charge in [0.1, 0.15) is 13.2 Å². The Balaban J connectivity index is 4.25. The third kappa shape index (κ3) is 69.7. The first-order valence-electron chi connectivity index (χ1n) is 34.9. The minimum absolute atomic E-state index is 0.173. The van der Waals surface area contributed by atoms with Crippen LogP contribution in [0.25, 0.3) is 0 Å². The fourth-order valence-corrected chi connectivity index (χ4v) is 8.89. The van der Waals surface area contributed by atoms with Gasteiger partial charge in [-0.1, -0.05) is 280 Å². The quantitative estimate of drug-likeness (QED) is 0.0211. The molecular formula is C80H128NO8+. The zero-order valence-corrected chi connectivity index (χ0v) is 57.0. The zero-order chi connectivity index (χ0) is 64.7. The number of allylic oxidation sites excluding steroid dienone is 30. The number of esters is 2. The second-order valence-electron chi connectivity index (χ2n) is 23.7. The van der Waals surface area contributed by atoms with Gasteiger partial charge < -0.3 is 28.5 Å². The van der Waals surface area contributed by atoms with E-state index in [-0.39, 0.29) is 38.6 Å². The molecule has 0 aromatic carbocycles. The Hall–Kier alpha value is -5.61. The van der Waals surface area contributed by atoms with Gasteiger partial charge in [-0.05, 0) is 135 Å². The molecule has 9 heteroatoms. The number of hydrogen-bond donors (Lipinski definition) is 1. The lowest BCUT2D eigenvalue weighted by Crippen LogP contribution is -2.40. The van der Waals surface area contributed by atoms with Crippen molar-refractivity contribution in [2.24, 2.45) is 0 Å². The largest absolute Gasteiger partial charge is 0.477 e. The molecule has 0 saturated heterocycles. The number of carboxylic acid groups (broad SMARTS) is 1. The number of carbonyl (C=O) groups excluding carboxylic acids is 2. The van der Waals surface area contributed by atoms with E-state index in [0.717, 1.165) is 148 Å². The van der Waals surface area contributed by atoms with Gasteiger partial charge in [-0.15, -0.1) is 0 Å². The van der Waals surface area contributed by atoms with E-state index in [1.165, 1.54) is 64.2 Å². The van der Waals surface area contributed by atoms with E-state index in [4.69, 9.17) is 18.9 Å². The summed E-state index contributed by atoms with van der Waals surface area (Å²) in [6, 6.07) is 0. The number of ether oxygens (including phenoxy) is 4. The fraction of sp³-hybridized carbons (Fsp3) is 0.588. The summed E-state index contributed by atoms with van der Waals surface area (Å²) in [4.78, 5) is 37.6. The number of likely N-dealkylation sites (N-methyl/N-ethyl adjacent to an activating group) is 1. The third-order valence-electron chi connectivity index (χ3n) is 14.2. The molecule has 0 aromatic heterocycles. The number of hydrogen-bond acceptors (Lipinski definition) is 7. The minimum Gasteiger partial charge on any atom is -0.477 e. The Kier molecular flexibility index (Phi) is 64.0. The molecule has 0 bridgehead atoms. The van der Waals surface area contributed by atoms with Gasteiger partial charge >= 0.3 is 17.9 Å². The van der Waals surface area contributed by atoms with E-state index >= 15 is 0 Å². The van der Waals surface area contributed by atoms with Gasteiger partial charge in [-0.2, -0.15) is 0 Å². The fourth-order valence-electron chi connectivity index (χ4n) is 8.89. The summed E-state index contributed by atoms with van der Waals surface area (Å²) in [5.74, 6) is -2.05. The number of carbonyl (C=O) groups is 3. The first kappa shape index (κ1) is 83.4. The monoisotopic (exact) mass is 1230 g/mol. The molecule has 1 N–H and O–H groups in total. The number of nitrogens with zero attached hydrogens (tertiary/aromatic N) is 1. The summed E-state index contributed by atoms with van der Waals surface area (Å²) in [7, 11) is 5.96. The minimum atomic E-state index is -1.53. The van der Waals surface area contributed by atoms with Crippen molar-refractivity contribution in [3.63, 3.8) is 0 Å². The molecule has 0 aliphatic heterocycles. The maximum Gasteiger partial charge on any atom is 0.361 e. The molecule has 2 atom stereocenters. The van der Waals surface area contributed by atoms with Crippen molar-refractivity contribution in [3.8, 4) is 0 Å². The highest BCUT2D eigenvalue weighted by atomic mass is 16.7. The Labute approximate surface area is 545 Å². The number of rotatable bonds is 62. The highest BCUT2D eigenvalue weighted by Gasteiger charge is 2.25. The molecule has 2 unspecified atom stereocenters. The molecular weight excluding hydrogens is 1100 g/mol. The summed E-state index contributed by atoms with van der Waals surface area (Å²) in [6.45, 7) is 4.61. The van der Waals surface area contributed by atoms with Crippen LogP contribution < -0.4 is 0 Å². The third-order valence-corrected chi connectivity index (χ3v) is 14.2. The van der Waals surface area contributed by atoms with Gasteiger partial charge in [0, 0.05) is 12.8 Å². The number of aliphatic carboxylic acids is 1. The first-order valence-corrected chi connectivity index (χ1v) is 34.9. The van der Waals surface area contributed by atoms with Gasteiger partial charge in [0.05, 0.1) is 34.4 Å². The molecule has 0 spiro atoms. The Morgan fingerprint density at radius 1 is 0.337 bits per heavy atom. The standard InChI is InChI=1S/C80H127NO8/c1-6-8-10-12-14-16-18-20-22-24-26-28-30-32-34-36-38-39-41-43-45-47-49-51-53-55-57-59-61-63-65-67-69-71-78(83)89-76(75-88-80(79(84)85)86-73-72-81(3,4)5)74-87-77(82)70-68-66-64-62-60-58-56-54-52-50-48-46-44-42-40-37-35-33-31-29-27-25-23-21-19-17-15-13-11-9-7-2/h8-11,14-17,20-23,26-29,32-35,38-40,42-43,45,49,51,55,57,76,80H,6-7,12-13,18-19,24-25,30-31,36-37,41,44,46-48,50,52-54,56,58-75H2,1-5H3/p+1/b10-8-,11-9-,16-14-,17-15-,22-20-,23-21-,28-26-,29-27-,34-32-,35-33-,39-38-,42-40-,45-43-,51-49-,57-55-. The van der Waals surface area contributed by atoms with Crippen LogP contribution in [0.3, 0.4) is 0 Å². The smallest absolute Gasteiger partial charge is 0.361 e. The molecule has 0 aromatic rings. The molecule has 0 fully saturated rings. The van der Waals surface area contributed by atoms with Crippen molar-refractivity contribution in [1.29, 1.82) is 0 Å². The Bertz CT molecular complexity index is 2120. The summed E-state index contributed by atoms with van der Waals surface area (Å²) < 4.78 is 22.9. The van der Waals surface area contributed by atoms with Crippen molar-refractivity contribution in [3.05, 3.63) is 182 Å². The van der Waals surface area contributed by atoms with Crippen molar-refractivity contribution >= 4 is 17.9 Å². The predicted molar refractivity (Wildman–Crippen MR) is 382 cm³/mol. The Morgan fingerprint density at radius 3 is 0.899 bits per heavy atom. The van der Waals surface area contributed by atoms with Crippen molar-refractivity contribution in [2.75, 3.05) is 47.5 Å². The SMILES string of the molecule is CC/C=C\C/C=C\C/C=C\C/C=C\C/C=C\C/C=C\C/C=C\C/C=C\C/C=C\CCCCCCCC(=O)OC(COC(=O)CCCCCCCCCCCCCC/C=C\C/C=C\C/C=C\C/C=C\C/C=C\C/C=C\CC)COC(OCC[N+](C)(C)C)C(=O)O. The van der Waals surface area contributed by atoms with Crippen LogP contribution in [0.15, 0.2) is 182 Å². The summed E-state index contributed by atoms with van der Waals surface area (Å²) in [5.41, 5.74) is 0. The molecule has 500 valence electrons. The van der Waals surface area contributed by atoms with Crippen LogP contribution >= 0.6 is 0 Å². The van der Waals surface area contributed by atoms with Gasteiger partial charge in [0.25, 0.3) is 6.29 Å². The van der Waals surface area contributed by atoms with E-state index < -0.39 is 24.3 Å². The Morgan fingerprint density at radius 2 is 0.607 bits per heavy atom. The van der Waals surface area contributed by atoms with Crippen LogP contribution in [0.1, 0.15) is 245 Å². The average molecular weight is 1230 g/mol. The van der Waals surface area contributed by atoms with E-state index in [9.17, 15) is 19.5 Å². The van der Waals surface area contributed by atoms with E-state index in [1.54, 1.807) is 0 Å². The molecule has 9 nitrogen and oxygen atoms in total. The first-order chi connectivity index (χ1) is 43.6. The van der Waals surface area contributed by atoms with Crippen LogP contribution in [0.5, 0.6) is 0 Å². The lowest BCUT2D eigenvalue weighted by Gasteiger charge is -2.25. The van der Waals surface area contributed by atoms with Gasteiger partial charge in [-0.3, -0.25) is 9.59 Å². The van der Waals surface area contributed by atoms with Crippen molar-refractivity contribution < 1.29 is 42.9 Å². The second kappa shape index (κ2) is 68.3. The predicted octanol–water partition coefficient (Wildman–Crippen LogP) is 22.0. The molecule has 0 rings (SSSR count). The lowest BCUT2D eigenvalue weighted by molar-refractivity contribution is -0.870. The van der Waals surface area contributed by atoms with E-state index in [1.807, 2.05) is 21.1 Å². The summed E-state index contributed by atoms with van der Waals surface area (Å²) in [6.07, 6.45) is 101. The molecule has 0 saturated carbocycles. The number of quaternary nitrogens is 1. The second-order valence-corrected chi connectivity index (χ2v) is 23.7. The number of carboxylic acids is 1.